The number of aromatic nitrogens is 1. The summed E-state index contributed by atoms with van der Waals surface area (Å²) >= 11 is 1.25. The van der Waals surface area contributed by atoms with E-state index >= 15 is 0 Å². The van der Waals surface area contributed by atoms with Gasteiger partial charge in [0.25, 0.3) is 5.91 Å². The molecule has 7 nitrogen and oxygen atoms in total. The Labute approximate surface area is 237 Å². The van der Waals surface area contributed by atoms with Gasteiger partial charge in [0.05, 0.1) is 34.9 Å². The van der Waals surface area contributed by atoms with Gasteiger partial charge in [-0.25, -0.2) is 4.98 Å². The number of carbonyl (C=O) groups excluding carboxylic acids is 2. The van der Waals surface area contributed by atoms with Crippen molar-refractivity contribution in [3.8, 4) is 22.1 Å². The summed E-state index contributed by atoms with van der Waals surface area (Å²) in [4.78, 5) is 34.1. The number of anilines is 1. The van der Waals surface area contributed by atoms with Gasteiger partial charge in [0.2, 0.25) is 5.78 Å². The SMILES string of the molecule is CCOc1ccc(N2C(=O)C(O)=C(C(=O)c3sc(-c4ccccc4)nc3C)C2c2ccc(OC(C)C)cc2)cc1. The van der Waals surface area contributed by atoms with Crippen molar-refractivity contribution < 1.29 is 24.2 Å². The van der Waals surface area contributed by atoms with E-state index in [0.717, 1.165) is 5.56 Å². The minimum absolute atomic E-state index is 0.00606. The normalized spacial score (nSPS) is 15.2. The molecule has 204 valence electrons. The van der Waals surface area contributed by atoms with Crippen LogP contribution in [0.15, 0.2) is 90.2 Å². The van der Waals surface area contributed by atoms with E-state index in [-0.39, 0.29) is 11.7 Å². The van der Waals surface area contributed by atoms with Crippen molar-refractivity contribution in [3.05, 3.63) is 106 Å². The Hall–Kier alpha value is -4.43. The van der Waals surface area contributed by atoms with Gasteiger partial charge in [-0.15, -0.1) is 11.3 Å². The maximum absolute atomic E-state index is 14.1. The monoisotopic (exact) mass is 554 g/mol. The second-order valence-electron chi connectivity index (χ2n) is 9.63. The summed E-state index contributed by atoms with van der Waals surface area (Å²) in [6.07, 6.45) is -0.00606. The van der Waals surface area contributed by atoms with Crippen LogP contribution in [0.1, 0.15) is 47.7 Å². The molecule has 1 unspecified atom stereocenters. The number of rotatable bonds is 9. The molecule has 5 rings (SSSR count). The number of aryl methyl sites for hydroxylation is 1. The highest BCUT2D eigenvalue weighted by Crippen LogP contribution is 2.44. The molecule has 40 heavy (non-hydrogen) atoms. The lowest BCUT2D eigenvalue weighted by atomic mass is 9.94. The Balaban J connectivity index is 1.59. The zero-order chi connectivity index (χ0) is 28.4. The first-order valence-electron chi connectivity index (χ1n) is 13.1. The fourth-order valence-corrected chi connectivity index (χ4v) is 5.75. The van der Waals surface area contributed by atoms with Gasteiger partial charge in [0, 0.05) is 11.3 Å². The summed E-state index contributed by atoms with van der Waals surface area (Å²) in [5.41, 5.74) is 2.64. The van der Waals surface area contributed by atoms with Crippen LogP contribution in [0.3, 0.4) is 0 Å². The van der Waals surface area contributed by atoms with E-state index in [1.54, 1.807) is 43.3 Å². The van der Waals surface area contributed by atoms with E-state index in [2.05, 4.69) is 4.98 Å². The number of nitrogens with zero attached hydrogens (tertiary/aromatic N) is 2. The second kappa shape index (κ2) is 11.4. The van der Waals surface area contributed by atoms with Crippen molar-refractivity contribution in [2.75, 3.05) is 11.5 Å². The van der Waals surface area contributed by atoms with E-state index in [1.165, 1.54) is 16.2 Å². The molecule has 0 saturated heterocycles. The number of Topliss-reactive ketones (excluding diaryl/α,β-unsaturated/α-hetero) is 1. The first-order valence-corrected chi connectivity index (χ1v) is 13.9. The molecule has 0 fully saturated rings. The summed E-state index contributed by atoms with van der Waals surface area (Å²) in [6, 6.07) is 23.0. The molecule has 0 saturated carbocycles. The minimum atomic E-state index is -0.854. The predicted octanol–water partition coefficient (Wildman–Crippen LogP) is 7.09. The van der Waals surface area contributed by atoms with Crippen molar-refractivity contribution in [2.24, 2.45) is 0 Å². The van der Waals surface area contributed by atoms with Crippen LogP contribution in [0.25, 0.3) is 10.6 Å². The van der Waals surface area contributed by atoms with Gasteiger partial charge in [-0.1, -0.05) is 42.5 Å². The molecule has 1 aliphatic rings. The molecule has 1 N–H and O–H groups in total. The zero-order valence-electron chi connectivity index (χ0n) is 22.8. The fourth-order valence-electron chi connectivity index (χ4n) is 4.72. The third kappa shape index (κ3) is 5.22. The van der Waals surface area contributed by atoms with Crippen LogP contribution in [-0.2, 0) is 4.79 Å². The summed E-state index contributed by atoms with van der Waals surface area (Å²) in [5.74, 6) is -0.315. The number of thiazole rings is 1. The maximum Gasteiger partial charge on any atom is 0.294 e. The molecule has 1 aliphatic heterocycles. The van der Waals surface area contributed by atoms with Crippen molar-refractivity contribution >= 4 is 28.7 Å². The Kier molecular flexibility index (Phi) is 7.71. The zero-order valence-corrected chi connectivity index (χ0v) is 23.6. The van der Waals surface area contributed by atoms with Crippen LogP contribution in [0.5, 0.6) is 11.5 Å². The number of aliphatic hydroxyl groups excluding tert-OH is 1. The van der Waals surface area contributed by atoms with Crippen LogP contribution in [-0.4, -0.2) is 34.5 Å². The van der Waals surface area contributed by atoms with Gasteiger partial charge in [0.1, 0.15) is 16.5 Å². The molecule has 1 aromatic heterocycles. The lowest BCUT2D eigenvalue weighted by Crippen LogP contribution is -2.31. The fraction of sp³-hybridized carbons (Fsp3) is 0.219. The molecule has 8 heteroatoms. The Morgan fingerprint density at radius 2 is 1.65 bits per heavy atom. The van der Waals surface area contributed by atoms with Gasteiger partial charge >= 0.3 is 0 Å². The lowest BCUT2D eigenvalue weighted by molar-refractivity contribution is -0.117. The molecular formula is C32H30N2O5S. The predicted molar refractivity (Wildman–Crippen MR) is 156 cm³/mol. The van der Waals surface area contributed by atoms with Gasteiger partial charge in [0.15, 0.2) is 5.76 Å². The highest BCUT2D eigenvalue weighted by Gasteiger charge is 2.45. The smallest absolute Gasteiger partial charge is 0.294 e. The second-order valence-corrected chi connectivity index (χ2v) is 10.6. The summed E-state index contributed by atoms with van der Waals surface area (Å²) in [7, 11) is 0. The molecule has 1 atom stereocenters. The molecule has 2 heterocycles. The summed E-state index contributed by atoms with van der Waals surface area (Å²) in [5, 5.41) is 11.9. The van der Waals surface area contributed by atoms with Crippen molar-refractivity contribution in [2.45, 2.75) is 39.8 Å². The van der Waals surface area contributed by atoms with Crippen LogP contribution >= 0.6 is 11.3 Å². The minimum Gasteiger partial charge on any atom is -0.503 e. The molecule has 1 amide bonds. The molecule has 0 bridgehead atoms. The topological polar surface area (TPSA) is 89.0 Å². The first kappa shape index (κ1) is 27.1. The number of carbonyl (C=O) groups is 2. The third-order valence-corrected chi connectivity index (χ3v) is 7.68. The van der Waals surface area contributed by atoms with Crippen molar-refractivity contribution in [1.82, 2.24) is 4.98 Å². The van der Waals surface area contributed by atoms with E-state index in [9.17, 15) is 14.7 Å². The van der Waals surface area contributed by atoms with E-state index in [0.29, 0.717) is 44.9 Å². The van der Waals surface area contributed by atoms with Crippen LogP contribution in [0.2, 0.25) is 0 Å². The van der Waals surface area contributed by atoms with Crippen LogP contribution in [0, 0.1) is 6.92 Å². The van der Waals surface area contributed by atoms with E-state index < -0.39 is 23.5 Å². The Bertz CT molecular complexity index is 1560. The van der Waals surface area contributed by atoms with Crippen LogP contribution < -0.4 is 14.4 Å². The molecular weight excluding hydrogens is 524 g/mol. The van der Waals surface area contributed by atoms with Gasteiger partial charge in [-0.3, -0.25) is 14.5 Å². The molecule has 0 spiro atoms. The van der Waals surface area contributed by atoms with Gasteiger partial charge in [-0.05, 0) is 69.7 Å². The van der Waals surface area contributed by atoms with Crippen molar-refractivity contribution in [1.29, 1.82) is 0 Å². The Morgan fingerprint density at radius 3 is 2.27 bits per heavy atom. The quantitative estimate of drug-likeness (QED) is 0.222. The summed E-state index contributed by atoms with van der Waals surface area (Å²) in [6.45, 7) is 8.05. The number of hydrogen-bond acceptors (Lipinski definition) is 7. The standard InChI is InChI=1S/C32H30N2O5S/c1-5-38-24-17-13-23(14-18-24)34-27(21-11-15-25(16-12-21)39-19(2)3)26(29(36)32(34)37)28(35)30-20(4)33-31(40-30)22-9-7-6-8-10-22/h6-19,27,36H,5H2,1-4H3. The molecule has 4 aromatic rings. The number of ether oxygens (including phenoxy) is 2. The maximum atomic E-state index is 14.1. The average Bonchev–Trinajstić information content (AvgIpc) is 3.47. The van der Waals surface area contributed by atoms with Gasteiger partial charge < -0.3 is 14.6 Å². The molecule has 0 radical (unpaired) electrons. The van der Waals surface area contributed by atoms with E-state index in [4.69, 9.17) is 9.47 Å². The molecule has 0 aliphatic carbocycles. The average molecular weight is 555 g/mol. The largest absolute Gasteiger partial charge is 0.503 e. The van der Waals surface area contributed by atoms with Crippen LogP contribution in [0.4, 0.5) is 5.69 Å². The molecule has 3 aromatic carbocycles. The van der Waals surface area contributed by atoms with Gasteiger partial charge in [-0.2, -0.15) is 0 Å². The number of hydrogen-bond donors (Lipinski definition) is 1. The summed E-state index contributed by atoms with van der Waals surface area (Å²) < 4.78 is 11.4. The van der Waals surface area contributed by atoms with E-state index in [1.807, 2.05) is 63.2 Å². The number of aliphatic hydroxyl groups is 1. The third-order valence-electron chi connectivity index (χ3n) is 6.47. The number of amides is 1. The lowest BCUT2D eigenvalue weighted by Gasteiger charge is -2.27. The van der Waals surface area contributed by atoms with Crippen molar-refractivity contribution in [3.63, 3.8) is 0 Å². The Morgan fingerprint density at radius 1 is 1.00 bits per heavy atom. The highest BCUT2D eigenvalue weighted by molar-refractivity contribution is 7.17. The number of ketones is 1. The highest BCUT2D eigenvalue weighted by atomic mass is 32.1. The number of benzene rings is 3. The first-order chi connectivity index (χ1) is 19.3.